The fourth-order valence-electron chi connectivity index (χ4n) is 4.02. The second kappa shape index (κ2) is 5.48. The normalized spacial score (nSPS) is 38.3. The summed E-state index contributed by atoms with van der Waals surface area (Å²) in [7, 11) is 0. The average molecular weight is 254 g/mol. The lowest BCUT2D eigenvalue weighted by Gasteiger charge is -2.53. The summed E-state index contributed by atoms with van der Waals surface area (Å²) in [5, 5.41) is 0. The van der Waals surface area contributed by atoms with Crippen LogP contribution in [-0.2, 0) is 4.74 Å². The van der Waals surface area contributed by atoms with Gasteiger partial charge in [0.1, 0.15) is 0 Å². The van der Waals surface area contributed by atoms with Gasteiger partial charge < -0.3 is 10.5 Å². The van der Waals surface area contributed by atoms with Crippen molar-refractivity contribution in [2.45, 2.75) is 52.0 Å². The monoisotopic (exact) mass is 254 g/mol. The van der Waals surface area contributed by atoms with Crippen LogP contribution in [-0.4, -0.2) is 43.3 Å². The van der Waals surface area contributed by atoms with E-state index in [0.29, 0.717) is 11.3 Å². The van der Waals surface area contributed by atoms with Crippen molar-refractivity contribution in [1.29, 1.82) is 0 Å². The number of hydrogen-bond acceptors (Lipinski definition) is 3. The molecule has 1 saturated carbocycles. The third-order valence-electron chi connectivity index (χ3n) is 5.22. The third-order valence-corrected chi connectivity index (χ3v) is 5.22. The maximum absolute atomic E-state index is 6.22. The van der Waals surface area contributed by atoms with Crippen molar-refractivity contribution >= 4 is 0 Å². The minimum Gasteiger partial charge on any atom is -0.380 e. The largest absolute Gasteiger partial charge is 0.380 e. The van der Waals surface area contributed by atoms with Crippen LogP contribution in [0.5, 0.6) is 0 Å². The van der Waals surface area contributed by atoms with Crippen LogP contribution in [0.1, 0.15) is 46.5 Å². The van der Waals surface area contributed by atoms with Crippen LogP contribution in [0, 0.1) is 11.3 Å². The van der Waals surface area contributed by atoms with Gasteiger partial charge in [-0.25, -0.2) is 0 Å². The first-order chi connectivity index (χ1) is 8.50. The zero-order valence-corrected chi connectivity index (χ0v) is 12.4. The molecular formula is C15H30N2O. The molecule has 3 heteroatoms. The molecule has 106 valence electrons. The molecule has 3 nitrogen and oxygen atoms in total. The Morgan fingerprint density at radius 3 is 2.67 bits per heavy atom. The summed E-state index contributed by atoms with van der Waals surface area (Å²) in [5.41, 5.74) is 6.93. The molecule has 2 rings (SSSR count). The number of rotatable bonds is 2. The van der Waals surface area contributed by atoms with Crippen LogP contribution < -0.4 is 5.73 Å². The van der Waals surface area contributed by atoms with Crippen molar-refractivity contribution in [3.8, 4) is 0 Å². The van der Waals surface area contributed by atoms with Crippen molar-refractivity contribution in [3.63, 3.8) is 0 Å². The molecule has 1 aliphatic carbocycles. The van der Waals surface area contributed by atoms with Gasteiger partial charge in [0.05, 0.1) is 6.61 Å². The van der Waals surface area contributed by atoms with Crippen LogP contribution in [0.2, 0.25) is 0 Å². The topological polar surface area (TPSA) is 38.5 Å². The number of nitrogens with two attached hydrogens (primary N) is 1. The van der Waals surface area contributed by atoms with E-state index in [1.54, 1.807) is 0 Å². The zero-order valence-electron chi connectivity index (χ0n) is 12.4. The van der Waals surface area contributed by atoms with E-state index in [9.17, 15) is 0 Å². The minimum absolute atomic E-state index is 0.225. The lowest BCUT2D eigenvalue weighted by molar-refractivity contribution is -0.0227. The van der Waals surface area contributed by atoms with Gasteiger partial charge in [0.15, 0.2) is 0 Å². The van der Waals surface area contributed by atoms with E-state index in [4.69, 9.17) is 10.5 Å². The van der Waals surface area contributed by atoms with Crippen molar-refractivity contribution < 1.29 is 4.74 Å². The SMILES string of the molecule is CC1CC(C)(C)CCC1(CN)N1CCCOCC1. The predicted octanol–water partition coefficient (Wildman–Crippen LogP) is 2.25. The van der Waals surface area contributed by atoms with Crippen LogP contribution >= 0.6 is 0 Å². The predicted molar refractivity (Wildman–Crippen MR) is 75.6 cm³/mol. The molecule has 0 amide bonds. The van der Waals surface area contributed by atoms with E-state index in [-0.39, 0.29) is 5.54 Å². The Morgan fingerprint density at radius 2 is 2.00 bits per heavy atom. The van der Waals surface area contributed by atoms with E-state index < -0.39 is 0 Å². The summed E-state index contributed by atoms with van der Waals surface area (Å²) in [6.07, 6.45) is 4.99. The van der Waals surface area contributed by atoms with Crippen LogP contribution in [0.15, 0.2) is 0 Å². The van der Waals surface area contributed by atoms with Crippen LogP contribution in [0.25, 0.3) is 0 Å². The molecule has 2 aliphatic rings. The summed E-state index contributed by atoms with van der Waals surface area (Å²) in [6.45, 7) is 12.0. The van der Waals surface area contributed by atoms with E-state index in [1.165, 1.54) is 19.3 Å². The highest BCUT2D eigenvalue weighted by Crippen LogP contribution is 2.46. The van der Waals surface area contributed by atoms with Gasteiger partial charge in [0, 0.05) is 31.8 Å². The molecule has 0 radical (unpaired) electrons. The fourth-order valence-corrected chi connectivity index (χ4v) is 4.02. The molecule has 0 spiro atoms. The number of ether oxygens (including phenoxy) is 1. The van der Waals surface area contributed by atoms with Gasteiger partial charge in [-0.15, -0.1) is 0 Å². The maximum atomic E-state index is 6.22. The Labute approximate surface area is 112 Å². The molecule has 1 aliphatic heterocycles. The summed E-state index contributed by atoms with van der Waals surface area (Å²) in [4.78, 5) is 2.64. The molecule has 2 fully saturated rings. The quantitative estimate of drug-likeness (QED) is 0.821. The summed E-state index contributed by atoms with van der Waals surface area (Å²) >= 11 is 0. The summed E-state index contributed by atoms with van der Waals surface area (Å²) in [5.74, 6) is 0.685. The van der Waals surface area contributed by atoms with Crippen molar-refractivity contribution in [2.75, 3.05) is 32.8 Å². The molecule has 0 aromatic rings. The molecule has 18 heavy (non-hydrogen) atoms. The first-order valence-corrected chi connectivity index (χ1v) is 7.53. The summed E-state index contributed by atoms with van der Waals surface area (Å²) in [6, 6.07) is 0. The molecule has 1 heterocycles. The van der Waals surface area contributed by atoms with Gasteiger partial charge in [-0.2, -0.15) is 0 Å². The second-order valence-electron chi connectivity index (χ2n) is 7.03. The van der Waals surface area contributed by atoms with Gasteiger partial charge in [-0.05, 0) is 37.0 Å². The van der Waals surface area contributed by atoms with Gasteiger partial charge in [-0.3, -0.25) is 4.90 Å². The lowest BCUT2D eigenvalue weighted by atomic mass is 9.63. The highest BCUT2D eigenvalue weighted by molar-refractivity contribution is 5.02. The first kappa shape index (κ1) is 14.3. The number of hydrogen-bond donors (Lipinski definition) is 1. The van der Waals surface area contributed by atoms with E-state index in [1.807, 2.05) is 0 Å². The molecule has 0 aromatic heterocycles. The third kappa shape index (κ3) is 2.73. The molecule has 0 bridgehead atoms. The van der Waals surface area contributed by atoms with Crippen molar-refractivity contribution in [2.24, 2.45) is 17.1 Å². The lowest BCUT2D eigenvalue weighted by Crippen LogP contribution is -2.61. The first-order valence-electron chi connectivity index (χ1n) is 7.53. The second-order valence-corrected chi connectivity index (χ2v) is 7.03. The van der Waals surface area contributed by atoms with E-state index in [2.05, 4.69) is 25.7 Å². The van der Waals surface area contributed by atoms with E-state index in [0.717, 1.165) is 39.3 Å². The van der Waals surface area contributed by atoms with Crippen molar-refractivity contribution in [1.82, 2.24) is 4.90 Å². The van der Waals surface area contributed by atoms with Gasteiger partial charge >= 0.3 is 0 Å². The molecule has 1 saturated heterocycles. The standard InChI is InChI=1S/C15H30N2O/c1-13-11-14(2,3)5-6-15(13,12-16)17-7-4-9-18-10-8-17/h13H,4-12,16H2,1-3H3. The number of nitrogens with zero attached hydrogens (tertiary/aromatic N) is 1. The van der Waals surface area contributed by atoms with Crippen molar-refractivity contribution in [3.05, 3.63) is 0 Å². The van der Waals surface area contributed by atoms with Gasteiger partial charge in [0.2, 0.25) is 0 Å². The smallest absolute Gasteiger partial charge is 0.0593 e. The summed E-state index contributed by atoms with van der Waals surface area (Å²) < 4.78 is 5.60. The maximum Gasteiger partial charge on any atom is 0.0593 e. The highest BCUT2D eigenvalue weighted by atomic mass is 16.5. The molecule has 0 aromatic carbocycles. The van der Waals surface area contributed by atoms with Gasteiger partial charge in [0.25, 0.3) is 0 Å². The Morgan fingerprint density at radius 1 is 1.22 bits per heavy atom. The molecule has 2 unspecified atom stereocenters. The Hall–Kier alpha value is -0.120. The van der Waals surface area contributed by atoms with Gasteiger partial charge in [-0.1, -0.05) is 20.8 Å². The molecule has 2 atom stereocenters. The van der Waals surface area contributed by atoms with Crippen LogP contribution in [0.4, 0.5) is 0 Å². The van der Waals surface area contributed by atoms with Crippen LogP contribution in [0.3, 0.4) is 0 Å². The Kier molecular flexibility index (Phi) is 4.35. The average Bonchev–Trinajstić information content (AvgIpc) is 2.58. The molecule has 2 N–H and O–H groups in total. The van der Waals surface area contributed by atoms with E-state index >= 15 is 0 Å². The fraction of sp³-hybridized carbons (Fsp3) is 1.00. The Bertz CT molecular complexity index is 272. The zero-order chi connectivity index (χ0) is 13.2. The Balaban J connectivity index is 2.14. The molecular weight excluding hydrogens is 224 g/mol. The highest BCUT2D eigenvalue weighted by Gasteiger charge is 2.46. The minimum atomic E-state index is 0.225.